The Bertz CT molecular complexity index is 1080. The molecule has 4 aliphatic carbocycles. The Kier molecular flexibility index (Phi) is 5.85. The van der Waals surface area contributed by atoms with E-state index in [2.05, 4.69) is 45.7 Å². The summed E-state index contributed by atoms with van der Waals surface area (Å²) < 4.78 is 0. The molecule has 0 amide bonds. The van der Waals surface area contributed by atoms with Crippen molar-refractivity contribution < 1.29 is 5.11 Å². The Hall–Kier alpha value is -1.44. The van der Waals surface area contributed by atoms with Crippen LogP contribution in [0.5, 0.6) is 5.75 Å². The van der Waals surface area contributed by atoms with Gasteiger partial charge in [-0.3, -0.25) is 0 Å². The zero-order chi connectivity index (χ0) is 24.5. The molecule has 0 bridgehead atoms. The maximum Gasteiger partial charge on any atom is 0.116 e. The minimum Gasteiger partial charge on any atom is -0.508 e. The SMILES string of the molecule is CC(C)CCC[C@H](C)[C@@H]1CC[C@@H]2[C@@H]3CC[C@@H]4Cc5[nH]c6ccc(O)cc6c5C[C@]4(C)[C@@H]3CC[C@@]21C. The number of phenolic OH excluding ortho intramolecular Hbond substituents is 1. The molecule has 2 heteroatoms. The molecule has 3 fully saturated rings. The molecule has 1 heterocycles. The van der Waals surface area contributed by atoms with Gasteiger partial charge in [0.05, 0.1) is 0 Å². The fourth-order valence-corrected chi connectivity index (χ4v) is 10.5. The predicted octanol–water partition coefficient (Wildman–Crippen LogP) is 8.91. The normalized spacial score (nSPS) is 39.2. The first-order valence-electron chi connectivity index (χ1n) is 15.0. The molecule has 2 aromatic rings. The van der Waals surface area contributed by atoms with Gasteiger partial charge in [-0.2, -0.15) is 0 Å². The lowest BCUT2D eigenvalue weighted by Gasteiger charge is -2.60. The van der Waals surface area contributed by atoms with Gasteiger partial charge >= 0.3 is 0 Å². The number of hydrogen-bond acceptors (Lipinski definition) is 1. The van der Waals surface area contributed by atoms with E-state index < -0.39 is 0 Å². The van der Waals surface area contributed by atoms with Crippen molar-refractivity contribution >= 4 is 10.9 Å². The Morgan fingerprint density at radius 3 is 2.57 bits per heavy atom. The zero-order valence-corrected chi connectivity index (χ0v) is 23.0. The van der Waals surface area contributed by atoms with E-state index in [1.165, 1.54) is 92.8 Å². The van der Waals surface area contributed by atoms with E-state index in [-0.39, 0.29) is 0 Å². The fraction of sp³-hybridized carbons (Fsp3) is 0.758. The van der Waals surface area contributed by atoms with Gasteiger partial charge in [0.25, 0.3) is 0 Å². The van der Waals surface area contributed by atoms with Crippen LogP contribution >= 0.6 is 0 Å². The Labute approximate surface area is 213 Å². The number of aromatic nitrogens is 1. The standard InChI is InChI=1S/C33H49NO/c1-20(2)7-6-8-21(3)27-12-13-28-24-11-9-22-17-31-26(25-18-23(35)10-14-30(25)34-31)19-33(22,5)29(24)15-16-32(27,28)4/h10,14,18,20-22,24,27-29,34-35H,6-9,11-13,15-17,19H2,1-5H3/t21-,22+,24-,27-,28+,29+,32+,33-/m0/s1. The van der Waals surface area contributed by atoms with Crippen molar-refractivity contribution in [1.29, 1.82) is 0 Å². The first-order valence-corrected chi connectivity index (χ1v) is 15.0. The lowest BCUT2D eigenvalue weighted by molar-refractivity contribution is -0.103. The molecule has 6 rings (SSSR count). The molecule has 1 aromatic heterocycles. The van der Waals surface area contributed by atoms with E-state index in [1.54, 1.807) is 0 Å². The zero-order valence-electron chi connectivity index (χ0n) is 23.0. The van der Waals surface area contributed by atoms with Crippen molar-refractivity contribution in [2.24, 2.45) is 52.3 Å². The molecule has 0 radical (unpaired) electrons. The van der Waals surface area contributed by atoms with Crippen LogP contribution in [0.1, 0.15) is 104 Å². The third-order valence-corrected chi connectivity index (χ3v) is 12.3. The van der Waals surface area contributed by atoms with Gasteiger partial charge in [0.15, 0.2) is 0 Å². The van der Waals surface area contributed by atoms with Crippen LogP contribution in [-0.4, -0.2) is 10.1 Å². The van der Waals surface area contributed by atoms with Gasteiger partial charge in [-0.25, -0.2) is 0 Å². The van der Waals surface area contributed by atoms with Gasteiger partial charge in [0.2, 0.25) is 0 Å². The summed E-state index contributed by atoms with van der Waals surface area (Å²) in [5, 5.41) is 11.5. The summed E-state index contributed by atoms with van der Waals surface area (Å²) in [4.78, 5) is 3.74. The van der Waals surface area contributed by atoms with Gasteiger partial charge in [0, 0.05) is 16.6 Å². The molecule has 0 unspecified atom stereocenters. The Balaban J connectivity index is 1.24. The number of H-pyrrole nitrogens is 1. The molecule has 4 aliphatic rings. The highest BCUT2D eigenvalue weighted by Crippen LogP contribution is 2.68. The van der Waals surface area contributed by atoms with Crippen molar-refractivity contribution in [2.45, 2.75) is 105 Å². The Morgan fingerprint density at radius 2 is 1.77 bits per heavy atom. The van der Waals surface area contributed by atoms with Crippen molar-refractivity contribution in [2.75, 3.05) is 0 Å². The number of hydrogen-bond donors (Lipinski definition) is 2. The summed E-state index contributed by atoms with van der Waals surface area (Å²) in [6.07, 6.45) is 15.4. The van der Waals surface area contributed by atoms with Gasteiger partial charge < -0.3 is 10.1 Å². The van der Waals surface area contributed by atoms with Crippen LogP contribution < -0.4 is 0 Å². The number of fused-ring (bicyclic) bond motifs is 8. The summed E-state index contributed by atoms with van der Waals surface area (Å²) in [7, 11) is 0. The second-order valence-corrected chi connectivity index (χ2v) is 14.4. The third kappa shape index (κ3) is 3.71. The molecule has 1 aromatic carbocycles. The highest BCUT2D eigenvalue weighted by Gasteiger charge is 2.60. The smallest absolute Gasteiger partial charge is 0.116 e. The first kappa shape index (κ1) is 23.9. The molecular formula is C33H49NO. The molecule has 2 nitrogen and oxygen atoms in total. The molecular weight excluding hydrogens is 426 g/mol. The van der Waals surface area contributed by atoms with E-state index in [0.29, 0.717) is 16.6 Å². The minimum atomic E-state index is 0.404. The average molecular weight is 476 g/mol. The molecule has 0 spiro atoms. The lowest BCUT2D eigenvalue weighted by Crippen LogP contribution is -2.54. The molecule has 0 aliphatic heterocycles. The van der Waals surface area contributed by atoms with E-state index in [4.69, 9.17) is 0 Å². The molecule has 0 saturated heterocycles. The fourth-order valence-electron chi connectivity index (χ4n) is 10.5. The second-order valence-electron chi connectivity index (χ2n) is 14.4. The van der Waals surface area contributed by atoms with Crippen molar-refractivity contribution in [3.63, 3.8) is 0 Å². The summed E-state index contributed by atoms with van der Waals surface area (Å²) in [5.74, 6) is 6.66. The lowest BCUT2D eigenvalue weighted by atomic mass is 9.44. The summed E-state index contributed by atoms with van der Waals surface area (Å²) in [5.41, 5.74) is 5.19. The van der Waals surface area contributed by atoms with E-state index in [0.717, 1.165) is 41.4 Å². The monoisotopic (exact) mass is 475 g/mol. The van der Waals surface area contributed by atoms with Crippen LogP contribution in [0.2, 0.25) is 0 Å². The minimum absolute atomic E-state index is 0.404. The maximum atomic E-state index is 10.2. The molecule has 3 saturated carbocycles. The number of aromatic amines is 1. The molecule has 192 valence electrons. The molecule has 8 atom stereocenters. The van der Waals surface area contributed by atoms with Crippen molar-refractivity contribution in [3.05, 3.63) is 29.5 Å². The molecule has 35 heavy (non-hydrogen) atoms. The van der Waals surface area contributed by atoms with E-state index in [9.17, 15) is 5.11 Å². The van der Waals surface area contributed by atoms with Gasteiger partial charge in [-0.1, -0.05) is 53.9 Å². The number of phenols is 1. The highest BCUT2D eigenvalue weighted by atomic mass is 16.3. The molecule has 2 N–H and O–H groups in total. The second kappa shape index (κ2) is 8.56. The van der Waals surface area contributed by atoms with Gasteiger partial charge in [0.1, 0.15) is 5.75 Å². The quantitative estimate of drug-likeness (QED) is 0.445. The van der Waals surface area contributed by atoms with Crippen LogP contribution in [0.15, 0.2) is 18.2 Å². The largest absolute Gasteiger partial charge is 0.508 e. The average Bonchev–Trinajstić information content (AvgIpc) is 3.33. The number of nitrogens with one attached hydrogen (secondary N) is 1. The van der Waals surface area contributed by atoms with E-state index >= 15 is 0 Å². The van der Waals surface area contributed by atoms with Gasteiger partial charge in [-0.05, 0) is 127 Å². The van der Waals surface area contributed by atoms with E-state index in [1.807, 2.05) is 12.1 Å². The maximum absolute atomic E-state index is 10.2. The van der Waals surface area contributed by atoms with Gasteiger partial charge in [-0.15, -0.1) is 0 Å². The highest BCUT2D eigenvalue weighted by molar-refractivity contribution is 5.86. The van der Waals surface area contributed by atoms with Crippen molar-refractivity contribution in [1.82, 2.24) is 4.98 Å². The van der Waals surface area contributed by atoms with Crippen LogP contribution in [-0.2, 0) is 12.8 Å². The topological polar surface area (TPSA) is 36.0 Å². The van der Waals surface area contributed by atoms with Crippen LogP contribution in [0.3, 0.4) is 0 Å². The van der Waals surface area contributed by atoms with Crippen LogP contribution in [0.4, 0.5) is 0 Å². The third-order valence-electron chi connectivity index (χ3n) is 12.3. The van der Waals surface area contributed by atoms with Crippen LogP contribution in [0.25, 0.3) is 10.9 Å². The predicted molar refractivity (Wildman–Crippen MR) is 147 cm³/mol. The number of benzene rings is 1. The summed E-state index contributed by atoms with van der Waals surface area (Å²) in [6.45, 7) is 12.7. The Morgan fingerprint density at radius 1 is 0.971 bits per heavy atom. The van der Waals surface area contributed by atoms with Crippen molar-refractivity contribution in [3.8, 4) is 5.75 Å². The summed E-state index contributed by atoms with van der Waals surface area (Å²) >= 11 is 0. The first-order chi connectivity index (χ1) is 16.7. The van der Waals surface area contributed by atoms with Crippen LogP contribution in [0, 0.1) is 52.3 Å². The number of rotatable bonds is 5. The number of aromatic hydroxyl groups is 1. The summed E-state index contributed by atoms with van der Waals surface area (Å²) in [6, 6.07) is 5.91.